The van der Waals surface area contributed by atoms with Crippen LogP contribution in [-0.2, 0) is 15.5 Å². The third-order valence-electron chi connectivity index (χ3n) is 4.02. The van der Waals surface area contributed by atoms with Crippen LogP contribution in [0.5, 0.6) is 5.75 Å². The van der Waals surface area contributed by atoms with E-state index in [-0.39, 0.29) is 5.92 Å². The van der Waals surface area contributed by atoms with Crippen LogP contribution in [0.2, 0.25) is 5.02 Å². The molecule has 122 valence electrons. The van der Waals surface area contributed by atoms with Gasteiger partial charge in [0.1, 0.15) is 5.75 Å². The van der Waals surface area contributed by atoms with Crippen LogP contribution in [0.3, 0.4) is 0 Å². The molecule has 1 saturated carbocycles. The first kappa shape index (κ1) is 16.5. The highest BCUT2D eigenvalue weighted by Crippen LogP contribution is 2.43. The molecule has 0 heterocycles. The molecular formula is C18H19ClO3S. The molecule has 2 atom stereocenters. The first-order valence-corrected chi connectivity index (χ1v) is 9.05. The van der Waals surface area contributed by atoms with E-state index in [1.165, 1.54) is 18.4 Å². The monoisotopic (exact) mass is 350 g/mol. The minimum absolute atomic E-state index is 0.234. The fourth-order valence-electron chi connectivity index (χ4n) is 2.54. The lowest BCUT2D eigenvalue weighted by Crippen LogP contribution is -2.14. The van der Waals surface area contributed by atoms with Gasteiger partial charge in [-0.25, -0.2) is 0 Å². The van der Waals surface area contributed by atoms with Crippen molar-refractivity contribution in [3.63, 3.8) is 0 Å². The Morgan fingerprint density at radius 1 is 1.13 bits per heavy atom. The lowest BCUT2D eigenvalue weighted by molar-refractivity contribution is 0.274. The Morgan fingerprint density at radius 3 is 2.39 bits per heavy atom. The second-order valence-corrected chi connectivity index (χ2v) is 7.13. The first-order chi connectivity index (χ1) is 11.1. The van der Waals surface area contributed by atoms with Gasteiger partial charge in [0.2, 0.25) is 0 Å². The van der Waals surface area contributed by atoms with Crippen molar-refractivity contribution in [1.82, 2.24) is 0 Å². The third-order valence-corrected chi connectivity index (χ3v) is 4.93. The van der Waals surface area contributed by atoms with Crippen LogP contribution in [0.25, 0.3) is 0 Å². The third kappa shape index (κ3) is 4.80. The molecule has 0 spiro atoms. The molecule has 1 aliphatic carbocycles. The fourth-order valence-corrected chi connectivity index (χ4v) is 3.24. The molecule has 0 aliphatic heterocycles. The zero-order valence-electron chi connectivity index (χ0n) is 12.9. The quantitative estimate of drug-likeness (QED) is 0.718. The van der Waals surface area contributed by atoms with Gasteiger partial charge in [0.15, 0.2) is 0 Å². The SMILES string of the molecule is Cc1ccc(OS(=O)OCC(c2ccc(Cl)cc2)C2CC2)cc1. The zero-order valence-corrected chi connectivity index (χ0v) is 14.5. The zero-order chi connectivity index (χ0) is 16.2. The maximum atomic E-state index is 12.0. The van der Waals surface area contributed by atoms with Crippen LogP contribution in [0.4, 0.5) is 0 Å². The number of aryl methyl sites for hydroxylation is 1. The second kappa shape index (κ2) is 7.47. The number of hydrogen-bond acceptors (Lipinski definition) is 3. The van der Waals surface area contributed by atoms with Crippen molar-refractivity contribution in [3.8, 4) is 5.75 Å². The lowest BCUT2D eigenvalue weighted by Gasteiger charge is -2.16. The van der Waals surface area contributed by atoms with Crippen molar-refractivity contribution in [2.24, 2.45) is 5.92 Å². The number of hydrogen-bond donors (Lipinski definition) is 0. The van der Waals surface area contributed by atoms with Crippen LogP contribution in [0, 0.1) is 12.8 Å². The van der Waals surface area contributed by atoms with Gasteiger partial charge in [0.05, 0.1) is 6.61 Å². The summed E-state index contributed by atoms with van der Waals surface area (Å²) in [6.45, 7) is 2.37. The van der Waals surface area contributed by atoms with E-state index in [9.17, 15) is 4.21 Å². The topological polar surface area (TPSA) is 35.5 Å². The Hall–Kier alpha value is -1.36. The maximum Gasteiger partial charge on any atom is 0.360 e. The fraction of sp³-hybridized carbons (Fsp3) is 0.333. The molecule has 23 heavy (non-hydrogen) atoms. The van der Waals surface area contributed by atoms with E-state index in [1.54, 1.807) is 12.1 Å². The summed E-state index contributed by atoms with van der Waals surface area (Å²) in [6, 6.07) is 15.2. The Balaban J connectivity index is 1.57. The predicted molar refractivity (Wildman–Crippen MR) is 92.8 cm³/mol. The molecule has 0 saturated heterocycles. The van der Waals surface area contributed by atoms with Crippen LogP contribution in [0.15, 0.2) is 48.5 Å². The molecule has 0 bridgehead atoms. The molecule has 2 aromatic carbocycles. The normalized spacial score (nSPS) is 16.8. The molecular weight excluding hydrogens is 332 g/mol. The summed E-state index contributed by atoms with van der Waals surface area (Å²) < 4.78 is 22.7. The van der Waals surface area contributed by atoms with Crippen molar-refractivity contribution >= 4 is 23.0 Å². The molecule has 0 radical (unpaired) electrons. The van der Waals surface area contributed by atoms with Gasteiger partial charge in [-0.3, -0.25) is 4.18 Å². The highest BCUT2D eigenvalue weighted by Gasteiger charge is 2.33. The van der Waals surface area contributed by atoms with Crippen molar-refractivity contribution in [1.29, 1.82) is 0 Å². The summed E-state index contributed by atoms with van der Waals surface area (Å²) in [7, 11) is 0. The summed E-state index contributed by atoms with van der Waals surface area (Å²) >= 11 is 4.15. The lowest BCUT2D eigenvalue weighted by atomic mass is 9.95. The van der Waals surface area contributed by atoms with Gasteiger partial charge in [-0.1, -0.05) is 41.4 Å². The minimum Gasteiger partial charge on any atom is -0.380 e. The van der Waals surface area contributed by atoms with Crippen molar-refractivity contribution < 1.29 is 12.6 Å². The van der Waals surface area contributed by atoms with E-state index >= 15 is 0 Å². The molecule has 0 amide bonds. The van der Waals surface area contributed by atoms with E-state index in [1.807, 2.05) is 43.3 Å². The van der Waals surface area contributed by atoms with E-state index < -0.39 is 11.4 Å². The minimum atomic E-state index is -1.79. The van der Waals surface area contributed by atoms with Crippen LogP contribution in [0.1, 0.15) is 29.9 Å². The van der Waals surface area contributed by atoms with Gasteiger partial charge in [0.25, 0.3) is 0 Å². The maximum absolute atomic E-state index is 12.0. The van der Waals surface area contributed by atoms with Gasteiger partial charge in [-0.2, -0.15) is 4.21 Å². The molecule has 0 N–H and O–H groups in total. The molecule has 2 unspecified atom stereocenters. The Labute approximate surface area is 144 Å². The number of halogens is 1. The van der Waals surface area contributed by atoms with Gasteiger partial charge in [0, 0.05) is 10.9 Å². The number of rotatable bonds is 7. The van der Waals surface area contributed by atoms with Crippen molar-refractivity contribution in [2.45, 2.75) is 25.7 Å². The Morgan fingerprint density at radius 2 is 1.78 bits per heavy atom. The van der Waals surface area contributed by atoms with E-state index in [0.29, 0.717) is 18.3 Å². The highest BCUT2D eigenvalue weighted by molar-refractivity contribution is 7.75. The van der Waals surface area contributed by atoms with E-state index in [4.69, 9.17) is 20.0 Å². The predicted octanol–water partition coefficient (Wildman–Crippen LogP) is 4.82. The largest absolute Gasteiger partial charge is 0.380 e. The van der Waals surface area contributed by atoms with Crippen molar-refractivity contribution in [3.05, 3.63) is 64.7 Å². The smallest absolute Gasteiger partial charge is 0.360 e. The standard InChI is InChI=1S/C18H19ClO3S/c1-13-2-10-17(11-3-13)22-23(20)21-12-18(14-4-5-14)15-6-8-16(19)9-7-15/h2-3,6-11,14,18H,4-5,12H2,1H3. The molecule has 2 aromatic rings. The van der Waals surface area contributed by atoms with Gasteiger partial charge < -0.3 is 4.18 Å². The summed E-state index contributed by atoms with van der Waals surface area (Å²) in [5, 5.41) is 0.718. The molecule has 3 rings (SSSR count). The van der Waals surface area contributed by atoms with Gasteiger partial charge >= 0.3 is 11.4 Å². The van der Waals surface area contributed by atoms with Crippen LogP contribution in [-0.4, -0.2) is 10.8 Å². The second-order valence-electron chi connectivity index (χ2n) is 5.88. The summed E-state index contributed by atoms with van der Waals surface area (Å²) in [5.74, 6) is 1.37. The summed E-state index contributed by atoms with van der Waals surface area (Å²) in [5.41, 5.74) is 2.30. The van der Waals surface area contributed by atoms with Gasteiger partial charge in [-0.15, -0.1) is 0 Å². The molecule has 0 aromatic heterocycles. The average Bonchev–Trinajstić information content (AvgIpc) is 3.36. The van der Waals surface area contributed by atoms with Crippen LogP contribution < -0.4 is 4.18 Å². The Bertz CT molecular complexity index is 666. The van der Waals surface area contributed by atoms with Crippen LogP contribution >= 0.6 is 11.6 Å². The first-order valence-electron chi connectivity index (χ1n) is 7.67. The van der Waals surface area contributed by atoms with E-state index in [0.717, 1.165) is 10.6 Å². The van der Waals surface area contributed by atoms with E-state index in [2.05, 4.69) is 0 Å². The summed E-state index contributed by atoms with van der Waals surface area (Å²) in [4.78, 5) is 0. The average molecular weight is 351 g/mol. The summed E-state index contributed by atoms with van der Waals surface area (Å²) in [6.07, 6.45) is 2.37. The molecule has 1 fully saturated rings. The molecule has 3 nitrogen and oxygen atoms in total. The highest BCUT2D eigenvalue weighted by atomic mass is 35.5. The van der Waals surface area contributed by atoms with Crippen molar-refractivity contribution in [2.75, 3.05) is 6.61 Å². The molecule has 5 heteroatoms. The Kier molecular flexibility index (Phi) is 5.36. The number of benzene rings is 2. The van der Waals surface area contributed by atoms with Gasteiger partial charge in [-0.05, 0) is 55.5 Å². The molecule has 1 aliphatic rings.